The zero-order chi connectivity index (χ0) is 21.1. The van der Waals surface area contributed by atoms with E-state index in [1.165, 1.54) is 12.0 Å². The van der Waals surface area contributed by atoms with Crippen molar-refractivity contribution in [1.82, 2.24) is 5.32 Å². The number of carbonyl (C=O) groups excluding carboxylic acids is 2. The minimum Gasteiger partial charge on any atom is -0.497 e. The third kappa shape index (κ3) is 3.86. The van der Waals surface area contributed by atoms with Crippen LogP contribution in [0, 0.1) is 0 Å². The van der Waals surface area contributed by atoms with Crippen molar-refractivity contribution in [2.75, 3.05) is 19.0 Å². The molecule has 6 heteroatoms. The number of hydrogen-bond donors (Lipinski definition) is 2. The average Bonchev–Trinajstić information content (AvgIpc) is 2.78. The Bertz CT molecular complexity index is 933. The van der Waals surface area contributed by atoms with Crippen LogP contribution in [0.1, 0.15) is 54.9 Å². The third-order valence-corrected chi connectivity index (χ3v) is 6.28. The van der Waals surface area contributed by atoms with Crippen molar-refractivity contribution in [1.29, 1.82) is 0 Å². The number of ether oxygens (including phenoxy) is 2. The summed E-state index contributed by atoms with van der Waals surface area (Å²) >= 11 is 0. The van der Waals surface area contributed by atoms with Gasteiger partial charge in [0.05, 0.1) is 18.4 Å². The largest absolute Gasteiger partial charge is 0.497 e. The molecule has 2 aliphatic rings. The number of rotatable bonds is 5. The summed E-state index contributed by atoms with van der Waals surface area (Å²) in [7, 11) is 1.66. The van der Waals surface area contributed by atoms with Gasteiger partial charge in [-0.2, -0.15) is 0 Å². The lowest BCUT2D eigenvalue weighted by atomic mass is 9.69. The predicted octanol–water partition coefficient (Wildman–Crippen LogP) is 4.05. The second kappa shape index (κ2) is 8.38. The van der Waals surface area contributed by atoms with Gasteiger partial charge in [0.2, 0.25) is 0 Å². The van der Waals surface area contributed by atoms with Crippen molar-refractivity contribution < 1.29 is 19.1 Å². The summed E-state index contributed by atoms with van der Waals surface area (Å²) in [6, 6.07) is 13.4. The van der Waals surface area contributed by atoms with Gasteiger partial charge >= 0.3 is 0 Å². The van der Waals surface area contributed by atoms with Crippen LogP contribution in [0.25, 0.3) is 0 Å². The molecule has 0 bridgehead atoms. The third-order valence-electron chi connectivity index (χ3n) is 6.28. The highest BCUT2D eigenvalue weighted by Crippen LogP contribution is 2.40. The number of carbonyl (C=O) groups is 2. The van der Waals surface area contributed by atoms with Gasteiger partial charge in [0.15, 0.2) is 11.9 Å². The fourth-order valence-electron chi connectivity index (χ4n) is 4.49. The number of nitrogens with one attached hydrogen (secondary N) is 2. The maximum atomic E-state index is 13.1. The molecule has 0 spiro atoms. The Kier molecular flexibility index (Phi) is 5.66. The number of benzene rings is 2. The quantitative estimate of drug-likeness (QED) is 0.783. The van der Waals surface area contributed by atoms with Crippen molar-refractivity contribution in [2.45, 2.75) is 50.5 Å². The topological polar surface area (TPSA) is 76.7 Å². The lowest BCUT2D eigenvalue weighted by Crippen LogP contribution is -2.42. The Labute approximate surface area is 177 Å². The van der Waals surface area contributed by atoms with Crippen LogP contribution in [-0.2, 0) is 10.2 Å². The highest BCUT2D eigenvalue weighted by Gasteiger charge is 2.35. The molecule has 1 saturated carbocycles. The first-order valence-corrected chi connectivity index (χ1v) is 10.6. The van der Waals surface area contributed by atoms with Crippen molar-refractivity contribution in [2.24, 2.45) is 0 Å². The normalized spacial score (nSPS) is 19.8. The number of para-hydroxylation sites is 1. The molecule has 158 valence electrons. The van der Waals surface area contributed by atoms with Crippen LogP contribution in [0.2, 0.25) is 0 Å². The minimum atomic E-state index is -0.629. The predicted molar refractivity (Wildman–Crippen MR) is 115 cm³/mol. The van der Waals surface area contributed by atoms with Crippen LogP contribution in [0.15, 0.2) is 42.5 Å². The van der Waals surface area contributed by atoms with Crippen molar-refractivity contribution >= 4 is 17.5 Å². The molecule has 30 heavy (non-hydrogen) atoms. The first-order valence-electron chi connectivity index (χ1n) is 10.6. The Morgan fingerprint density at radius 1 is 1.17 bits per heavy atom. The van der Waals surface area contributed by atoms with E-state index in [2.05, 4.69) is 22.8 Å². The van der Waals surface area contributed by atoms with E-state index in [0.29, 0.717) is 23.5 Å². The van der Waals surface area contributed by atoms with Gasteiger partial charge in [0, 0.05) is 12.0 Å². The molecule has 2 N–H and O–H groups in total. The highest BCUT2D eigenvalue weighted by atomic mass is 16.5. The molecule has 4 rings (SSSR count). The van der Waals surface area contributed by atoms with Crippen LogP contribution in [0.3, 0.4) is 0 Å². The van der Waals surface area contributed by atoms with Gasteiger partial charge in [-0.25, -0.2) is 0 Å². The first-order chi connectivity index (χ1) is 14.5. The standard InChI is InChI=1S/C24H28N2O4/c1-16-22(27)26-20-8-6-7-19(21(20)30-16)23(28)25-15-24(13-4-3-5-14-24)17-9-11-18(29-2)12-10-17/h6-12,16H,3-5,13-15H2,1-2H3,(H,25,28)(H,26,27). The maximum Gasteiger partial charge on any atom is 0.265 e. The van der Waals surface area contributed by atoms with Crippen molar-refractivity contribution in [3.8, 4) is 11.5 Å². The summed E-state index contributed by atoms with van der Waals surface area (Å²) in [6.45, 7) is 2.23. The fraction of sp³-hybridized carbons (Fsp3) is 0.417. The summed E-state index contributed by atoms with van der Waals surface area (Å²) < 4.78 is 11.0. The molecule has 1 aliphatic heterocycles. The van der Waals surface area contributed by atoms with Crippen LogP contribution in [0.4, 0.5) is 5.69 Å². The Morgan fingerprint density at radius 3 is 2.60 bits per heavy atom. The molecule has 1 fully saturated rings. The number of hydrogen-bond acceptors (Lipinski definition) is 4. The summed E-state index contributed by atoms with van der Waals surface area (Å²) in [6.07, 6.45) is 4.97. The highest BCUT2D eigenvalue weighted by molar-refractivity contribution is 6.04. The van der Waals surface area contributed by atoms with E-state index in [1.807, 2.05) is 12.1 Å². The molecular weight excluding hydrogens is 380 g/mol. The summed E-state index contributed by atoms with van der Waals surface area (Å²) in [5.41, 5.74) is 2.13. The van der Waals surface area contributed by atoms with E-state index < -0.39 is 6.10 Å². The number of anilines is 1. The Hall–Kier alpha value is -3.02. The van der Waals surface area contributed by atoms with Gasteiger partial charge in [-0.05, 0) is 49.6 Å². The van der Waals surface area contributed by atoms with E-state index in [-0.39, 0.29) is 17.2 Å². The van der Waals surface area contributed by atoms with Crippen LogP contribution < -0.4 is 20.1 Å². The van der Waals surface area contributed by atoms with E-state index >= 15 is 0 Å². The van der Waals surface area contributed by atoms with E-state index in [9.17, 15) is 9.59 Å². The van der Waals surface area contributed by atoms with Crippen molar-refractivity contribution in [3.63, 3.8) is 0 Å². The van der Waals surface area contributed by atoms with Gasteiger partial charge in [-0.3, -0.25) is 9.59 Å². The summed E-state index contributed by atoms with van der Waals surface area (Å²) in [5, 5.41) is 5.95. The van der Waals surface area contributed by atoms with Crippen LogP contribution >= 0.6 is 0 Å². The zero-order valence-corrected chi connectivity index (χ0v) is 17.5. The fourth-order valence-corrected chi connectivity index (χ4v) is 4.49. The van der Waals surface area contributed by atoms with Crippen molar-refractivity contribution in [3.05, 3.63) is 53.6 Å². The Balaban J connectivity index is 1.55. The molecule has 2 aromatic rings. The second-order valence-corrected chi connectivity index (χ2v) is 8.18. The number of methoxy groups -OCH3 is 1. The average molecular weight is 408 g/mol. The first kappa shape index (κ1) is 20.3. The molecule has 0 saturated heterocycles. The smallest absolute Gasteiger partial charge is 0.265 e. The summed E-state index contributed by atoms with van der Waals surface area (Å²) in [5.74, 6) is 0.872. The molecule has 1 heterocycles. The molecule has 2 aromatic carbocycles. The van der Waals surface area contributed by atoms with Gasteiger partial charge in [-0.15, -0.1) is 0 Å². The lowest BCUT2D eigenvalue weighted by molar-refractivity contribution is -0.122. The lowest BCUT2D eigenvalue weighted by Gasteiger charge is -2.38. The van der Waals surface area contributed by atoms with Crippen LogP contribution in [-0.4, -0.2) is 31.6 Å². The Morgan fingerprint density at radius 2 is 1.90 bits per heavy atom. The molecule has 1 unspecified atom stereocenters. The van der Waals surface area contributed by atoms with Gasteiger partial charge in [0.25, 0.3) is 11.8 Å². The zero-order valence-electron chi connectivity index (χ0n) is 17.5. The van der Waals surface area contributed by atoms with Gasteiger partial charge in [0.1, 0.15) is 5.75 Å². The van der Waals surface area contributed by atoms with E-state index in [0.717, 1.165) is 31.4 Å². The molecule has 0 radical (unpaired) electrons. The maximum absolute atomic E-state index is 13.1. The molecule has 0 aromatic heterocycles. The molecule has 1 aliphatic carbocycles. The molecule has 6 nitrogen and oxygen atoms in total. The van der Waals surface area contributed by atoms with E-state index in [4.69, 9.17) is 9.47 Å². The molecule has 2 amide bonds. The van der Waals surface area contributed by atoms with Crippen LogP contribution in [0.5, 0.6) is 11.5 Å². The number of fused-ring (bicyclic) bond motifs is 1. The van der Waals surface area contributed by atoms with E-state index in [1.54, 1.807) is 32.2 Å². The SMILES string of the molecule is COc1ccc(C2(CNC(=O)c3cccc4c3OC(C)C(=O)N4)CCCCC2)cc1. The second-order valence-electron chi connectivity index (χ2n) is 8.18. The summed E-state index contributed by atoms with van der Waals surface area (Å²) in [4.78, 5) is 25.0. The molecule has 1 atom stereocenters. The minimum absolute atomic E-state index is 0.0859. The monoisotopic (exact) mass is 408 g/mol. The van der Waals surface area contributed by atoms with Gasteiger partial charge in [-0.1, -0.05) is 37.5 Å². The number of amides is 2. The molecular formula is C24H28N2O4. The van der Waals surface area contributed by atoms with Gasteiger partial charge < -0.3 is 20.1 Å².